The van der Waals surface area contributed by atoms with Crippen LogP contribution in [0.25, 0.3) is 0 Å². The summed E-state index contributed by atoms with van der Waals surface area (Å²) >= 11 is 1.91. The first kappa shape index (κ1) is 14.0. The zero-order valence-corrected chi connectivity index (χ0v) is 12.3. The minimum atomic E-state index is 0.579. The lowest BCUT2D eigenvalue weighted by atomic mass is 9.94. The van der Waals surface area contributed by atoms with Gasteiger partial charge in [-0.3, -0.25) is 0 Å². The lowest BCUT2D eigenvalue weighted by Gasteiger charge is -2.25. The highest BCUT2D eigenvalue weighted by molar-refractivity contribution is 7.10. The van der Waals surface area contributed by atoms with Gasteiger partial charge in [0.25, 0.3) is 0 Å². The van der Waals surface area contributed by atoms with Crippen molar-refractivity contribution in [1.82, 2.24) is 10.2 Å². The molecule has 0 bridgehead atoms. The van der Waals surface area contributed by atoms with Crippen molar-refractivity contribution in [3.8, 4) is 0 Å². The maximum atomic E-state index is 5.08. The molecule has 0 fully saturated rings. The van der Waals surface area contributed by atoms with E-state index in [0.717, 1.165) is 26.2 Å². The van der Waals surface area contributed by atoms with E-state index in [2.05, 4.69) is 28.7 Å². The summed E-state index contributed by atoms with van der Waals surface area (Å²) in [5.41, 5.74) is 1.55. The van der Waals surface area contributed by atoms with Crippen LogP contribution in [0.5, 0.6) is 0 Å². The first-order valence-corrected chi connectivity index (χ1v) is 7.66. The zero-order chi connectivity index (χ0) is 12.8. The minimum absolute atomic E-state index is 0.579. The Morgan fingerprint density at radius 2 is 2.39 bits per heavy atom. The number of nitrogens with zero attached hydrogens (tertiary/aromatic N) is 1. The molecule has 0 aliphatic heterocycles. The predicted octanol–water partition coefficient (Wildman–Crippen LogP) is 2.29. The third-order valence-corrected chi connectivity index (χ3v) is 4.61. The van der Waals surface area contributed by atoms with Crippen molar-refractivity contribution < 1.29 is 4.74 Å². The Bertz CT molecular complexity index is 353. The Kier molecular flexibility index (Phi) is 5.63. The maximum Gasteiger partial charge on any atom is 0.0589 e. The van der Waals surface area contributed by atoms with E-state index in [4.69, 9.17) is 4.74 Å². The standard InChI is InChI=1S/C14H24N2OS/c1-16(9-10-17-2)8-7-15-13-4-3-5-14-12(13)6-11-18-14/h6,11,13,15H,3-5,7-10H2,1-2H3. The lowest BCUT2D eigenvalue weighted by Crippen LogP contribution is -2.34. The molecule has 0 radical (unpaired) electrons. The molecule has 2 rings (SSSR count). The first-order chi connectivity index (χ1) is 8.81. The first-order valence-electron chi connectivity index (χ1n) is 6.78. The van der Waals surface area contributed by atoms with Crippen molar-refractivity contribution in [3.63, 3.8) is 0 Å². The minimum Gasteiger partial charge on any atom is -0.383 e. The van der Waals surface area contributed by atoms with E-state index >= 15 is 0 Å². The number of likely N-dealkylation sites (N-methyl/N-ethyl adjacent to an activating group) is 1. The van der Waals surface area contributed by atoms with Crippen LogP contribution in [0.3, 0.4) is 0 Å². The number of fused-ring (bicyclic) bond motifs is 1. The zero-order valence-electron chi connectivity index (χ0n) is 11.4. The van der Waals surface area contributed by atoms with Crippen LogP contribution < -0.4 is 5.32 Å². The number of ether oxygens (including phenoxy) is 1. The summed E-state index contributed by atoms with van der Waals surface area (Å²) in [7, 11) is 3.91. The normalized spacial score (nSPS) is 19.2. The van der Waals surface area contributed by atoms with Gasteiger partial charge in [0.2, 0.25) is 0 Å². The van der Waals surface area contributed by atoms with Gasteiger partial charge in [-0.25, -0.2) is 0 Å². The molecule has 1 aromatic rings. The molecule has 18 heavy (non-hydrogen) atoms. The molecular formula is C14H24N2OS. The summed E-state index contributed by atoms with van der Waals surface area (Å²) in [6.45, 7) is 3.96. The summed E-state index contributed by atoms with van der Waals surface area (Å²) in [5.74, 6) is 0. The second-order valence-electron chi connectivity index (χ2n) is 4.99. The van der Waals surface area contributed by atoms with Crippen LogP contribution in [0.1, 0.15) is 29.3 Å². The quantitative estimate of drug-likeness (QED) is 0.821. The van der Waals surface area contributed by atoms with Gasteiger partial charge in [0.15, 0.2) is 0 Å². The third kappa shape index (κ3) is 3.79. The van der Waals surface area contributed by atoms with Crippen molar-refractivity contribution in [3.05, 3.63) is 21.9 Å². The summed E-state index contributed by atoms with van der Waals surface area (Å²) in [5, 5.41) is 5.93. The van der Waals surface area contributed by atoms with E-state index < -0.39 is 0 Å². The van der Waals surface area contributed by atoms with Crippen molar-refractivity contribution >= 4 is 11.3 Å². The number of thiophene rings is 1. The molecule has 1 unspecified atom stereocenters. The van der Waals surface area contributed by atoms with Crippen LogP contribution in [0.2, 0.25) is 0 Å². The second-order valence-corrected chi connectivity index (χ2v) is 5.99. The van der Waals surface area contributed by atoms with E-state index in [9.17, 15) is 0 Å². The van der Waals surface area contributed by atoms with Gasteiger partial charge in [-0.1, -0.05) is 0 Å². The molecule has 0 spiro atoms. The fraction of sp³-hybridized carbons (Fsp3) is 0.714. The molecule has 1 N–H and O–H groups in total. The van der Waals surface area contributed by atoms with Gasteiger partial charge >= 0.3 is 0 Å². The van der Waals surface area contributed by atoms with E-state index in [0.29, 0.717) is 6.04 Å². The highest BCUT2D eigenvalue weighted by Gasteiger charge is 2.20. The number of nitrogens with one attached hydrogen (secondary N) is 1. The highest BCUT2D eigenvalue weighted by atomic mass is 32.1. The summed E-state index contributed by atoms with van der Waals surface area (Å²) < 4.78 is 5.08. The van der Waals surface area contributed by atoms with Gasteiger partial charge < -0.3 is 15.0 Å². The van der Waals surface area contributed by atoms with Crippen LogP contribution in [-0.4, -0.2) is 45.3 Å². The average molecular weight is 268 g/mol. The van der Waals surface area contributed by atoms with Gasteiger partial charge in [0, 0.05) is 37.7 Å². The number of rotatable bonds is 7. The van der Waals surface area contributed by atoms with E-state index in [1.54, 1.807) is 17.6 Å². The van der Waals surface area contributed by atoms with Gasteiger partial charge in [-0.2, -0.15) is 0 Å². The Hall–Kier alpha value is -0.420. The molecule has 0 amide bonds. The average Bonchev–Trinajstić information content (AvgIpc) is 2.85. The van der Waals surface area contributed by atoms with Crippen molar-refractivity contribution in [2.75, 3.05) is 40.4 Å². The molecule has 0 saturated carbocycles. The summed E-state index contributed by atoms with van der Waals surface area (Å²) in [4.78, 5) is 3.90. The molecule has 102 valence electrons. The van der Waals surface area contributed by atoms with Crippen molar-refractivity contribution in [2.45, 2.75) is 25.3 Å². The molecular weight excluding hydrogens is 244 g/mol. The lowest BCUT2D eigenvalue weighted by molar-refractivity contribution is 0.161. The number of aryl methyl sites for hydroxylation is 1. The second kappa shape index (κ2) is 7.24. The Morgan fingerprint density at radius 3 is 3.22 bits per heavy atom. The van der Waals surface area contributed by atoms with Crippen molar-refractivity contribution in [2.24, 2.45) is 0 Å². The van der Waals surface area contributed by atoms with Crippen LogP contribution in [0.4, 0.5) is 0 Å². The van der Waals surface area contributed by atoms with Gasteiger partial charge in [0.1, 0.15) is 0 Å². The van der Waals surface area contributed by atoms with Gasteiger partial charge in [-0.05, 0) is 43.3 Å². The monoisotopic (exact) mass is 268 g/mol. The number of hydrogen-bond donors (Lipinski definition) is 1. The molecule has 0 saturated heterocycles. The predicted molar refractivity (Wildman–Crippen MR) is 77.4 cm³/mol. The van der Waals surface area contributed by atoms with E-state index in [-0.39, 0.29) is 0 Å². The largest absolute Gasteiger partial charge is 0.383 e. The van der Waals surface area contributed by atoms with E-state index in [1.807, 2.05) is 11.3 Å². The molecule has 1 atom stereocenters. The topological polar surface area (TPSA) is 24.5 Å². The Balaban J connectivity index is 1.72. The molecule has 3 nitrogen and oxygen atoms in total. The number of methoxy groups -OCH3 is 1. The van der Waals surface area contributed by atoms with Crippen LogP contribution in [0.15, 0.2) is 11.4 Å². The van der Waals surface area contributed by atoms with Crippen LogP contribution in [-0.2, 0) is 11.2 Å². The smallest absolute Gasteiger partial charge is 0.0589 e. The highest BCUT2D eigenvalue weighted by Crippen LogP contribution is 2.32. The Morgan fingerprint density at radius 1 is 1.50 bits per heavy atom. The van der Waals surface area contributed by atoms with E-state index in [1.165, 1.54) is 19.3 Å². The SMILES string of the molecule is COCCN(C)CCNC1CCCc2sccc21. The summed E-state index contributed by atoms with van der Waals surface area (Å²) in [6, 6.07) is 2.88. The van der Waals surface area contributed by atoms with Gasteiger partial charge in [0.05, 0.1) is 6.61 Å². The summed E-state index contributed by atoms with van der Waals surface area (Å²) in [6.07, 6.45) is 3.88. The fourth-order valence-electron chi connectivity index (χ4n) is 2.49. The van der Waals surface area contributed by atoms with Crippen molar-refractivity contribution in [1.29, 1.82) is 0 Å². The maximum absolute atomic E-state index is 5.08. The Labute approximate surface area is 114 Å². The fourth-order valence-corrected chi connectivity index (χ4v) is 3.47. The molecule has 1 aliphatic rings. The van der Waals surface area contributed by atoms with Crippen LogP contribution in [0, 0.1) is 0 Å². The molecule has 4 heteroatoms. The number of hydrogen-bond acceptors (Lipinski definition) is 4. The molecule has 0 aromatic carbocycles. The third-order valence-electron chi connectivity index (χ3n) is 3.61. The van der Waals surface area contributed by atoms with Crippen LogP contribution >= 0.6 is 11.3 Å². The molecule has 1 aromatic heterocycles. The molecule has 1 aliphatic carbocycles. The van der Waals surface area contributed by atoms with Gasteiger partial charge in [-0.15, -0.1) is 11.3 Å². The molecule has 1 heterocycles.